The number of aliphatic hydroxyl groups is 1. The number of methoxy groups -OCH3 is 1. The summed E-state index contributed by atoms with van der Waals surface area (Å²) in [4.78, 5) is 17.4. The second-order valence-corrected chi connectivity index (χ2v) is 8.90. The van der Waals surface area contributed by atoms with E-state index in [0.717, 1.165) is 50.0 Å². The smallest absolute Gasteiger partial charge is 0.399 e. The molecule has 0 radical (unpaired) electrons. The number of hydrogen-bond acceptors (Lipinski definition) is 6. The molecule has 2 aliphatic heterocycles. The highest BCUT2D eigenvalue weighted by molar-refractivity contribution is 7.14. The standard InChI is InChI=1S/C21H25ClN2O4S/c1-27-20(25)19(15-6-2-3-7-16(15)22)24-11-8-17-14(13-24)12-18(29-17)28-21(26)23-9-4-5-10-23/h2-3,6-7,12,19-20,25H,4-5,8-11,13H2,1H3/t19-,20-/m0/s1. The van der Waals surface area contributed by atoms with Crippen molar-refractivity contribution in [1.29, 1.82) is 0 Å². The Balaban J connectivity index is 1.51. The molecule has 29 heavy (non-hydrogen) atoms. The van der Waals surface area contributed by atoms with E-state index in [1.807, 2.05) is 30.3 Å². The number of ether oxygens (including phenoxy) is 2. The Kier molecular flexibility index (Phi) is 6.41. The van der Waals surface area contributed by atoms with Crippen molar-refractivity contribution in [3.63, 3.8) is 0 Å². The normalized spacial score (nSPS) is 19.1. The molecule has 1 amide bonds. The van der Waals surface area contributed by atoms with E-state index in [1.54, 1.807) is 4.90 Å². The number of amides is 1. The van der Waals surface area contributed by atoms with Crippen LogP contribution in [0.1, 0.15) is 34.9 Å². The third kappa shape index (κ3) is 4.44. The molecule has 1 fully saturated rings. The van der Waals surface area contributed by atoms with Gasteiger partial charge in [0.1, 0.15) is 0 Å². The Hall–Kier alpha value is -1.64. The van der Waals surface area contributed by atoms with Crippen molar-refractivity contribution in [3.05, 3.63) is 51.4 Å². The van der Waals surface area contributed by atoms with Gasteiger partial charge in [0.15, 0.2) is 11.4 Å². The summed E-state index contributed by atoms with van der Waals surface area (Å²) < 4.78 is 10.9. The molecule has 1 N–H and O–H groups in total. The monoisotopic (exact) mass is 436 g/mol. The summed E-state index contributed by atoms with van der Waals surface area (Å²) in [5, 5.41) is 11.8. The molecule has 1 aromatic heterocycles. The van der Waals surface area contributed by atoms with Crippen LogP contribution >= 0.6 is 22.9 Å². The molecule has 1 aromatic carbocycles. The van der Waals surface area contributed by atoms with Crippen LogP contribution in [-0.4, -0.2) is 54.0 Å². The van der Waals surface area contributed by atoms with Gasteiger partial charge in [-0.3, -0.25) is 4.90 Å². The van der Waals surface area contributed by atoms with Crippen LogP contribution in [0.5, 0.6) is 5.06 Å². The van der Waals surface area contributed by atoms with Gasteiger partial charge in [0, 0.05) is 43.2 Å². The fourth-order valence-corrected chi connectivity index (χ4v) is 5.29. The Morgan fingerprint density at radius 1 is 1.24 bits per heavy atom. The lowest BCUT2D eigenvalue weighted by Crippen LogP contribution is -2.40. The number of carbonyl (C=O) groups is 1. The number of likely N-dealkylation sites (tertiary alicyclic amines) is 1. The molecule has 3 heterocycles. The maximum Gasteiger partial charge on any atom is 0.416 e. The topological polar surface area (TPSA) is 62.2 Å². The summed E-state index contributed by atoms with van der Waals surface area (Å²) in [6, 6.07) is 9.09. The Morgan fingerprint density at radius 3 is 2.72 bits per heavy atom. The van der Waals surface area contributed by atoms with E-state index in [9.17, 15) is 9.90 Å². The van der Waals surface area contributed by atoms with Gasteiger partial charge in [-0.25, -0.2) is 4.79 Å². The number of nitrogens with zero attached hydrogens (tertiary/aromatic N) is 2. The predicted octanol–water partition coefficient (Wildman–Crippen LogP) is 4.06. The highest BCUT2D eigenvalue weighted by Gasteiger charge is 2.33. The molecule has 6 nitrogen and oxygen atoms in total. The molecule has 8 heteroatoms. The molecular weight excluding hydrogens is 412 g/mol. The van der Waals surface area contributed by atoms with Crippen molar-refractivity contribution in [2.45, 2.75) is 38.1 Å². The maximum absolute atomic E-state index is 12.3. The number of thiophene rings is 1. The minimum absolute atomic E-state index is 0.262. The highest BCUT2D eigenvalue weighted by Crippen LogP contribution is 2.38. The van der Waals surface area contributed by atoms with Gasteiger partial charge in [0.05, 0.1) is 6.04 Å². The molecule has 2 aromatic rings. The van der Waals surface area contributed by atoms with E-state index in [-0.39, 0.29) is 12.1 Å². The third-order valence-electron chi connectivity index (χ3n) is 5.55. The average molecular weight is 437 g/mol. The van der Waals surface area contributed by atoms with Crippen LogP contribution in [-0.2, 0) is 17.7 Å². The largest absolute Gasteiger partial charge is 0.416 e. The summed E-state index contributed by atoms with van der Waals surface area (Å²) in [6.07, 6.45) is 1.63. The van der Waals surface area contributed by atoms with Crippen LogP contribution in [0.25, 0.3) is 0 Å². The summed E-state index contributed by atoms with van der Waals surface area (Å²) >= 11 is 7.94. The fraction of sp³-hybridized carbons (Fsp3) is 0.476. The minimum Gasteiger partial charge on any atom is -0.399 e. The molecule has 0 aliphatic carbocycles. The summed E-state index contributed by atoms with van der Waals surface area (Å²) in [6.45, 7) is 2.92. The van der Waals surface area contributed by atoms with Crippen LogP contribution in [0.3, 0.4) is 0 Å². The molecule has 2 atom stereocenters. The first-order chi connectivity index (χ1) is 14.1. The second-order valence-electron chi connectivity index (χ2n) is 7.39. The van der Waals surface area contributed by atoms with Gasteiger partial charge in [0.2, 0.25) is 0 Å². The molecule has 0 bridgehead atoms. The van der Waals surface area contributed by atoms with E-state index in [4.69, 9.17) is 21.1 Å². The molecule has 2 aliphatic rings. The number of hydrogen-bond donors (Lipinski definition) is 1. The summed E-state index contributed by atoms with van der Waals surface area (Å²) in [5.74, 6) is 0. The van der Waals surface area contributed by atoms with Gasteiger partial charge in [-0.05, 0) is 42.5 Å². The van der Waals surface area contributed by atoms with Gasteiger partial charge in [-0.1, -0.05) is 29.8 Å². The summed E-state index contributed by atoms with van der Waals surface area (Å²) in [7, 11) is 1.49. The van der Waals surface area contributed by atoms with Crippen LogP contribution in [0, 0.1) is 0 Å². The first-order valence-corrected chi connectivity index (χ1v) is 11.0. The zero-order valence-corrected chi connectivity index (χ0v) is 17.9. The van der Waals surface area contributed by atoms with Crippen molar-refractivity contribution >= 4 is 29.0 Å². The molecule has 0 unspecified atom stereocenters. The first-order valence-electron chi connectivity index (χ1n) is 9.84. The van der Waals surface area contributed by atoms with Crippen molar-refractivity contribution in [1.82, 2.24) is 9.80 Å². The predicted molar refractivity (Wildman–Crippen MR) is 112 cm³/mol. The lowest BCUT2D eigenvalue weighted by atomic mass is 10.0. The van der Waals surface area contributed by atoms with Crippen LogP contribution in [0.2, 0.25) is 5.02 Å². The Bertz CT molecular complexity index is 868. The first kappa shape index (κ1) is 20.6. The van der Waals surface area contributed by atoms with E-state index in [1.165, 1.54) is 23.3 Å². The molecule has 4 rings (SSSR count). The van der Waals surface area contributed by atoms with E-state index in [2.05, 4.69) is 4.90 Å². The number of halogens is 1. The molecular formula is C21H25ClN2O4S. The second kappa shape index (κ2) is 9.02. The lowest BCUT2D eigenvalue weighted by Gasteiger charge is -2.37. The number of carbonyl (C=O) groups excluding carboxylic acids is 1. The van der Waals surface area contributed by atoms with Crippen molar-refractivity contribution in [2.75, 3.05) is 26.7 Å². The molecule has 1 saturated heterocycles. The minimum atomic E-state index is -0.998. The van der Waals surface area contributed by atoms with E-state index < -0.39 is 6.29 Å². The Labute approximate surface area is 179 Å². The van der Waals surface area contributed by atoms with Crippen molar-refractivity contribution < 1.29 is 19.4 Å². The maximum atomic E-state index is 12.3. The van der Waals surface area contributed by atoms with Gasteiger partial charge < -0.3 is 19.5 Å². The Morgan fingerprint density at radius 2 is 2.00 bits per heavy atom. The van der Waals surface area contributed by atoms with Crippen molar-refractivity contribution in [2.24, 2.45) is 0 Å². The van der Waals surface area contributed by atoms with Crippen LogP contribution in [0.4, 0.5) is 4.79 Å². The van der Waals surface area contributed by atoms with E-state index in [0.29, 0.717) is 16.6 Å². The highest BCUT2D eigenvalue weighted by atomic mass is 35.5. The summed E-state index contributed by atoms with van der Waals surface area (Å²) in [5.41, 5.74) is 1.95. The zero-order valence-electron chi connectivity index (χ0n) is 16.3. The van der Waals surface area contributed by atoms with E-state index >= 15 is 0 Å². The molecule has 0 spiro atoms. The number of aliphatic hydroxyl groups excluding tert-OH is 1. The zero-order chi connectivity index (χ0) is 20.4. The number of rotatable bonds is 5. The van der Waals surface area contributed by atoms with Gasteiger partial charge in [-0.15, -0.1) is 11.3 Å². The van der Waals surface area contributed by atoms with Gasteiger partial charge in [-0.2, -0.15) is 0 Å². The molecule has 0 saturated carbocycles. The SMILES string of the molecule is CO[C@H](O)[C@H](c1ccccc1Cl)N1CCc2sc(OC(=O)N3CCCC3)cc2C1. The lowest BCUT2D eigenvalue weighted by molar-refractivity contribution is -0.129. The average Bonchev–Trinajstić information content (AvgIpc) is 3.38. The fourth-order valence-electron chi connectivity index (χ4n) is 4.04. The third-order valence-corrected chi connectivity index (χ3v) is 7.01. The van der Waals surface area contributed by atoms with Crippen molar-refractivity contribution in [3.8, 4) is 5.06 Å². The number of fused-ring (bicyclic) bond motifs is 1. The quantitative estimate of drug-likeness (QED) is 0.716. The van der Waals surface area contributed by atoms with Crippen LogP contribution in [0.15, 0.2) is 30.3 Å². The van der Waals surface area contributed by atoms with Gasteiger partial charge >= 0.3 is 6.09 Å². The number of benzene rings is 1. The van der Waals surface area contributed by atoms with Crippen LogP contribution < -0.4 is 4.74 Å². The van der Waals surface area contributed by atoms with Gasteiger partial charge in [0.25, 0.3) is 0 Å². The molecule has 156 valence electrons.